The van der Waals surface area contributed by atoms with E-state index in [-0.39, 0.29) is 36.2 Å². The van der Waals surface area contributed by atoms with Gasteiger partial charge in [0.25, 0.3) is 5.91 Å². The summed E-state index contributed by atoms with van der Waals surface area (Å²) in [6.45, 7) is 0.234. The first-order valence-electron chi connectivity index (χ1n) is 10.2. The number of hydrogen-bond donors (Lipinski definition) is 1. The second kappa shape index (κ2) is 8.34. The first kappa shape index (κ1) is 22.5. The van der Waals surface area contributed by atoms with Gasteiger partial charge in [-0.3, -0.25) is 4.79 Å². The van der Waals surface area contributed by atoms with Crippen LogP contribution in [-0.4, -0.2) is 48.8 Å². The predicted molar refractivity (Wildman–Crippen MR) is 110 cm³/mol. The van der Waals surface area contributed by atoms with E-state index in [0.29, 0.717) is 30.3 Å². The Morgan fingerprint density at radius 3 is 2.38 bits per heavy atom. The number of carbonyl (C=O) groups is 1. The number of rotatable bonds is 3. The van der Waals surface area contributed by atoms with E-state index in [1.54, 1.807) is 0 Å². The number of fused-ring (bicyclic) bond motifs is 1. The van der Waals surface area contributed by atoms with Crippen molar-refractivity contribution < 1.29 is 30.8 Å². The number of nitrogens with one attached hydrogen (secondary N) is 1. The molecule has 0 saturated carbocycles. The molecule has 32 heavy (non-hydrogen) atoms. The number of carbonyl (C=O) groups excluding carboxylic acids is 1. The van der Waals surface area contributed by atoms with Crippen molar-refractivity contribution in [1.82, 2.24) is 9.88 Å². The van der Waals surface area contributed by atoms with Gasteiger partial charge in [-0.2, -0.15) is 13.2 Å². The lowest BCUT2D eigenvalue weighted by molar-refractivity contribution is -0.139. The summed E-state index contributed by atoms with van der Waals surface area (Å²) in [5, 5.41) is 2.85. The maximum Gasteiger partial charge on any atom is 0.419 e. The zero-order chi connectivity index (χ0) is 23.1. The number of aromatic nitrogens is 1. The van der Waals surface area contributed by atoms with Gasteiger partial charge in [-0.05, 0) is 55.0 Å². The number of pyridine rings is 1. The van der Waals surface area contributed by atoms with Crippen LogP contribution in [0.3, 0.4) is 0 Å². The lowest BCUT2D eigenvalue weighted by Gasteiger charge is -2.29. The van der Waals surface area contributed by atoms with E-state index in [1.807, 2.05) is 0 Å². The highest BCUT2D eigenvalue weighted by Gasteiger charge is 2.34. The predicted octanol–water partition coefficient (Wildman–Crippen LogP) is 3.73. The monoisotopic (exact) mass is 471 g/mol. The molecular weight excluding hydrogens is 450 g/mol. The average molecular weight is 471 g/mol. The quantitative estimate of drug-likeness (QED) is 0.691. The number of sulfone groups is 1. The van der Waals surface area contributed by atoms with E-state index in [0.717, 1.165) is 30.0 Å². The first-order valence-corrected chi connectivity index (χ1v) is 12.0. The third-order valence-electron chi connectivity index (χ3n) is 5.80. The van der Waals surface area contributed by atoms with Gasteiger partial charge < -0.3 is 10.2 Å². The van der Waals surface area contributed by atoms with Gasteiger partial charge >= 0.3 is 6.18 Å². The molecule has 1 saturated heterocycles. The van der Waals surface area contributed by atoms with Crippen molar-refractivity contribution in [3.8, 4) is 0 Å². The molecule has 1 amide bonds. The highest BCUT2D eigenvalue weighted by atomic mass is 32.2. The fourth-order valence-electron chi connectivity index (χ4n) is 4.08. The fourth-order valence-corrected chi connectivity index (χ4v) is 5.28. The highest BCUT2D eigenvalue weighted by Crippen LogP contribution is 2.35. The van der Waals surface area contributed by atoms with Crippen LogP contribution in [0, 0.1) is 5.82 Å². The molecule has 1 N–H and O–H groups in total. The number of amides is 1. The van der Waals surface area contributed by atoms with Crippen molar-refractivity contribution >= 4 is 27.2 Å². The number of halogens is 4. The molecule has 6 nitrogen and oxygen atoms in total. The molecule has 172 valence electrons. The minimum atomic E-state index is -4.83. The van der Waals surface area contributed by atoms with Gasteiger partial charge in [0.2, 0.25) is 0 Å². The number of hydrogen-bond acceptors (Lipinski definition) is 5. The van der Waals surface area contributed by atoms with E-state index in [9.17, 15) is 30.8 Å². The van der Waals surface area contributed by atoms with E-state index in [1.165, 1.54) is 17.2 Å². The summed E-state index contributed by atoms with van der Waals surface area (Å²) in [7, 11) is -3.13. The second-order valence-electron chi connectivity index (χ2n) is 7.95. The van der Waals surface area contributed by atoms with Gasteiger partial charge in [0.15, 0.2) is 9.84 Å². The smallest absolute Gasteiger partial charge is 0.340 e. The molecule has 1 aromatic heterocycles. The van der Waals surface area contributed by atoms with E-state index in [2.05, 4.69) is 10.3 Å². The summed E-state index contributed by atoms with van der Waals surface area (Å²) in [6.07, 6.45) is -0.566. The minimum absolute atomic E-state index is 0.0410. The van der Waals surface area contributed by atoms with Crippen LogP contribution in [0.15, 0.2) is 24.4 Å². The maximum atomic E-state index is 13.6. The van der Waals surface area contributed by atoms with Crippen LogP contribution in [-0.2, 0) is 28.9 Å². The molecule has 0 unspecified atom stereocenters. The van der Waals surface area contributed by atoms with Crippen LogP contribution >= 0.6 is 0 Å². The van der Waals surface area contributed by atoms with Gasteiger partial charge in [0.1, 0.15) is 11.6 Å². The SMILES string of the molecule is O=C(c1cnc(Nc2ccc(F)c(C(F)(F)F)c2)c2c1CCCC2)N1CCS(=O)(=O)CC1. The lowest BCUT2D eigenvalue weighted by atomic mass is 9.88. The summed E-state index contributed by atoms with van der Waals surface area (Å²) in [6, 6.07) is 2.65. The summed E-state index contributed by atoms with van der Waals surface area (Å²) in [5.74, 6) is -1.49. The Balaban J connectivity index is 1.64. The van der Waals surface area contributed by atoms with E-state index in [4.69, 9.17) is 0 Å². The number of anilines is 2. The zero-order valence-corrected chi connectivity index (χ0v) is 17.8. The molecule has 0 bridgehead atoms. The Morgan fingerprint density at radius 1 is 1.06 bits per heavy atom. The second-order valence-corrected chi connectivity index (χ2v) is 10.2. The Bertz CT molecular complexity index is 1150. The summed E-state index contributed by atoms with van der Waals surface area (Å²) >= 11 is 0. The maximum absolute atomic E-state index is 13.6. The van der Waals surface area contributed by atoms with Crippen LogP contribution in [0.1, 0.15) is 39.9 Å². The van der Waals surface area contributed by atoms with Gasteiger partial charge in [0, 0.05) is 25.0 Å². The molecule has 1 fully saturated rings. The van der Waals surface area contributed by atoms with Gasteiger partial charge in [-0.1, -0.05) is 0 Å². The molecule has 2 heterocycles. The van der Waals surface area contributed by atoms with E-state index >= 15 is 0 Å². The molecule has 0 spiro atoms. The number of alkyl halides is 3. The van der Waals surface area contributed by atoms with Crippen molar-refractivity contribution in [3.63, 3.8) is 0 Å². The Hall–Kier alpha value is -2.69. The van der Waals surface area contributed by atoms with Gasteiger partial charge in [-0.15, -0.1) is 0 Å². The summed E-state index contributed by atoms with van der Waals surface area (Å²) in [5.41, 5.74) is 0.567. The molecule has 1 aliphatic heterocycles. The van der Waals surface area contributed by atoms with Crippen LogP contribution in [0.25, 0.3) is 0 Å². The summed E-state index contributed by atoms with van der Waals surface area (Å²) in [4.78, 5) is 18.8. The van der Waals surface area contributed by atoms with Crippen molar-refractivity contribution in [2.75, 3.05) is 29.9 Å². The van der Waals surface area contributed by atoms with Crippen molar-refractivity contribution in [3.05, 3.63) is 52.5 Å². The van der Waals surface area contributed by atoms with Gasteiger partial charge in [-0.25, -0.2) is 17.8 Å². The molecule has 4 rings (SSSR count). The molecule has 0 radical (unpaired) electrons. The topological polar surface area (TPSA) is 79.4 Å². The number of benzene rings is 1. The average Bonchev–Trinajstić information content (AvgIpc) is 2.74. The van der Waals surface area contributed by atoms with Crippen LogP contribution < -0.4 is 5.32 Å². The van der Waals surface area contributed by atoms with Crippen LogP contribution in [0.5, 0.6) is 0 Å². The Kier molecular flexibility index (Phi) is 5.87. The molecule has 0 atom stereocenters. The fraction of sp³-hybridized carbons (Fsp3) is 0.429. The van der Waals surface area contributed by atoms with Gasteiger partial charge in [0.05, 0.1) is 22.6 Å². The number of nitrogens with zero attached hydrogens (tertiary/aromatic N) is 2. The van der Waals surface area contributed by atoms with Crippen molar-refractivity contribution in [2.45, 2.75) is 31.9 Å². The Labute approximate surface area is 182 Å². The molecule has 2 aliphatic rings. The largest absolute Gasteiger partial charge is 0.419 e. The molecule has 1 aliphatic carbocycles. The highest BCUT2D eigenvalue weighted by molar-refractivity contribution is 7.91. The molecule has 2 aromatic rings. The van der Waals surface area contributed by atoms with Crippen molar-refractivity contribution in [2.24, 2.45) is 0 Å². The Morgan fingerprint density at radius 2 is 1.72 bits per heavy atom. The zero-order valence-electron chi connectivity index (χ0n) is 17.0. The minimum Gasteiger partial charge on any atom is -0.340 e. The lowest BCUT2D eigenvalue weighted by Crippen LogP contribution is -2.44. The molecular formula is C21H21F4N3O3S. The third-order valence-corrected chi connectivity index (χ3v) is 7.41. The van der Waals surface area contributed by atoms with E-state index < -0.39 is 27.4 Å². The summed E-state index contributed by atoms with van der Waals surface area (Å²) < 4.78 is 76.1. The molecule has 1 aromatic carbocycles. The van der Waals surface area contributed by atoms with Crippen LogP contribution in [0.2, 0.25) is 0 Å². The normalized spacial score (nSPS) is 18.2. The third kappa shape index (κ3) is 4.57. The van der Waals surface area contributed by atoms with Crippen molar-refractivity contribution in [1.29, 1.82) is 0 Å². The first-order chi connectivity index (χ1) is 15.0. The standard InChI is InChI=1S/C21H21F4N3O3S/c22-18-6-5-13(11-17(18)21(23,24)25)27-19-15-4-2-1-3-14(15)16(12-26-19)20(29)28-7-9-32(30,31)10-8-28/h5-6,11-12H,1-4,7-10H2,(H,26,27). The molecule has 11 heteroatoms. The van der Waals surface area contributed by atoms with Crippen LogP contribution in [0.4, 0.5) is 29.1 Å².